The monoisotopic (exact) mass is 418 g/mol. The summed E-state index contributed by atoms with van der Waals surface area (Å²) in [5, 5.41) is 0. The summed E-state index contributed by atoms with van der Waals surface area (Å²) < 4.78 is 46.8. The topological polar surface area (TPSA) is 9.23 Å². The molecule has 1 nitrogen and oxygen atoms in total. The summed E-state index contributed by atoms with van der Waals surface area (Å²) in [7, 11) is 0. The van der Waals surface area contributed by atoms with Gasteiger partial charge in [0.2, 0.25) is 0 Å². The largest absolute Gasteiger partial charge is 0.491 e. The Morgan fingerprint density at radius 1 is 0.900 bits per heavy atom. The van der Waals surface area contributed by atoms with E-state index in [4.69, 9.17) is 4.74 Å². The van der Waals surface area contributed by atoms with Crippen LogP contribution in [0.3, 0.4) is 0 Å². The third-order valence-electron chi connectivity index (χ3n) is 6.43. The minimum absolute atomic E-state index is 0.123. The molecule has 0 aliphatic heterocycles. The summed E-state index contributed by atoms with van der Waals surface area (Å²) in [6.45, 7) is 4.20. The lowest BCUT2D eigenvalue weighted by Crippen LogP contribution is -2.15. The lowest BCUT2D eigenvalue weighted by atomic mass is 9.78. The van der Waals surface area contributed by atoms with Gasteiger partial charge in [-0.1, -0.05) is 69.7 Å². The number of aryl methyl sites for hydroxylation is 1. The summed E-state index contributed by atoms with van der Waals surface area (Å²) in [6.07, 6.45) is 7.30. The van der Waals surface area contributed by atoms with Crippen LogP contribution < -0.4 is 4.74 Å². The van der Waals surface area contributed by atoms with Crippen molar-refractivity contribution in [1.29, 1.82) is 0 Å². The first-order chi connectivity index (χ1) is 14.5. The minimum atomic E-state index is -2.90. The maximum absolute atomic E-state index is 14.5. The van der Waals surface area contributed by atoms with E-state index in [1.54, 1.807) is 6.92 Å². The summed E-state index contributed by atoms with van der Waals surface area (Å²) >= 11 is 0. The van der Waals surface area contributed by atoms with Gasteiger partial charge in [-0.15, -0.1) is 0 Å². The highest BCUT2D eigenvalue weighted by molar-refractivity contribution is 5.69. The van der Waals surface area contributed by atoms with Crippen LogP contribution in [0.5, 0.6) is 5.75 Å². The molecule has 0 saturated heterocycles. The molecule has 30 heavy (non-hydrogen) atoms. The van der Waals surface area contributed by atoms with Crippen molar-refractivity contribution in [1.82, 2.24) is 0 Å². The molecule has 1 saturated carbocycles. The molecule has 0 amide bonds. The molecule has 164 valence electrons. The predicted molar refractivity (Wildman–Crippen MR) is 117 cm³/mol. The van der Waals surface area contributed by atoms with Crippen LogP contribution in [-0.4, -0.2) is 6.61 Å². The Hall–Kier alpha value is -1.97. The third-order valence-corrected chi connectivity index (χ3v) is 6.43. The number of alkyl halides is 2. The minimum Gasteiger partial charge on any atom is -0.491 e. The van der Waals surface area contributed by atoms with E-state index in [1.165, 1.54) is 62.6 Å². The number of hydrogen-bond acceptors (Lipinski definition) is 1. The highest BCUT2D eigenvalue weighted by atomic mass is 19.3. The normalized spacial score (nSPS) is 19.3. The Morgan fingerprint density at radius 2 is 1.53 bits per heavy atom. The van der Waals surface area contributed by atoms with Crippen molar-refractivity contribution >= 4 is 0 Å². The van der Waals surface area contributed by atoms with Crippen LogP contribution in [0.4, 0.5) is 13.2 Å². The van der Waals surface area contributed by atoms with Crippen molar-refractivity contribution in [3.8, 4) is 16.9 Å². The predicted octanol–water partition coefficient (Wildman–Crippen LogP) is 8.37. The van der Waals surface area contributed by atoms with E-state index < -0.39 is 17.8 Å². The molecule has 0 unspecified atom stereocenters. The molecular formula is C26H33F3O. The second-order valence-electron chi connectivity index (χ2n) is 8.48. The second kappa shape index (κ2) is 10.9. The van der Waals surface area contributed by atoms with Gasteiger partial charge in [-0.05, 0) is 60.4 Å². The van der Waals surface area contributed by atoms with Gasteiger partial charge in [0.25, 0.3) is 6.43 Å². The molecule has 0 radical (unpaired) electrons. The number of halogens is 3. The molecule has 0 aromatic heterocycles. The second-order valence-corrected chi connectivity index (χ2v) is 8.48. The summed E-state index contributed by atoms with van der Waals surface area (Å²) in [5.74, 6) is 0.626. The van der Waals surface area contributed by atoms with E-state index in [9.17, 15) is 13.2 Å². The Kier molecular flexibility index (Phi) is 8.24. The van der Waals surface area contributed by atoms with E-state index in [0.29, 0.717) is 5.56 Å². The number of benzene rings is 2. The molecule has 0 bridgehead atoms. The smallest absolute Gasteiger partial charge is 0.267 e. The zero-order valence-corrected chi connectivity index (χ0v) is 18.1. The Labute approximate surface area is 178 Å². The van der Waals surface area contributed by atoms with E-state index >= 15 is 0 Å². The van der Waals surface area contributed by atoms with E-state index in [-0.39, 0.29) is 17.9 Å². The first-order valence-corrected chi connectivity index (χ1v) is 11.4. The van der Waals surface area contributed by atoms with Crippen molar-refractivity contribution in [3.63, 3.8) is 0 Å². The van der Waals surface area contributed by atoms with Gasteiger partial charge in [0.05, 0.1) is 12.2 Å². The molecule has 0 N–H and O–H groups in total. The molecule has 1 fully saturated rings. The highest BCUT2D eigenvalue weighted by Gasteiger charge is 2.23. The zero-order valence-electron chi connectivity index (χ0n) is 18.1. The number of ether oxygens (including phenoxy) is 1. The van der Waals surface area contributed by atoms with E-state index in [1.807, 2.05) is 24.3 Å². The summed E-state index contributed by atoms with van der Waals surface area (Å²) in [6, 6.07) is 10.6. The van der Waals surface area contributed by atoms with Crippen LogP contribution in [-0.2, 0) is 6.42 Å². The SMILES string of the molecule is CCCC1CCC(CCc2ccc(-c3ccc(OCC)c(F)c3C(F)F)cc2)CC1. The molecule has 0 atom stereocenters. The van der Waals surface area contributed by atoms with Gasteiger partial charge in [-0.3, -0.25) is 0 Å². The van der Waals surface area contributed by atoms with E-state index in [0.717, 1.165) is 18.3 Å². The van der Waals surface area contributed by atoms with Gasteiger partial charge in [0.15, 0.2) is 11.6 Å². The van der Waals surface area contributed by atoms with Gasteiger partial charge >= 0.3 is 0 Å². The van der Waals surface area contributed by atoms with Crippen LogP contribution in [0.1, 0.15) is 76.3 Å². The molecule has 0 spiro atoms. The Bertz CT molecular complexity index is 793. The van der Waals surface area contributed by atoms with Crippen molar-refractivity contribution in [3.05, 3.63) is 53.3 Å². The van der Waals surface area contributed by atoms with Gasteiger partial charge in [0.1, 0.15) is 0 Å². The average Bonchev–Trinajstić information content (AvgIpc) is 2.75. The zero-order chi connectivity index (χ0) is 21.5. The van der Waals surface area contributed by atoms with Gasteiger partial charge in [-0.2, -0.15) is 0 Å². The van der Waals surface area contributed by atoms with Crippen LogP contribution in [0, 0.1) is 17.7 Å². The van der Waals surface area contributed by atoms with E-state index in [2.05, 4.69) is 6.92 Å². The van der Waals surface area contributed by atoms with Crippen molar-refractivity contribution in [2.24, 2.45) is 11.8 Å². The molecular weight excluding hydrogens is 385 g/mol. The van der Waals surface area contributed by atoms with Gasteiger partial charge < -0.3 is 4.74 Å². The maximum Gasteiger partial charge on any atom is 0.267 e. The molecule has 0 heterocycles. The molecule has 2 aromatic carbocycles. The third kappa shape index (κ3) is 5.59. The fourth-order valence-electron chi connectivity index (χ4n) is 4.74. The lowest BCUT2D eigenvalue weighted by molar-refractivity contribution is 0.145. The first kappa shape index (κ1) is 22.7. The first-order valence-electron chi connectivity index (χ1n) is 11.4. The summed E-state index contributed by atoms with van der Waals surface area (Å²) in [5.41, 5.74) is 1.46. The lowest BCUT2D eigenvalue weighted by Gasteiger charge is -2.28. The Morgan fingerprint density at radius 3 is 2.10 bits per heavy atom. The fourth-order valence-corrected chi connectivity index (χ4v) is 4.74. The number of rotatable bonds is 9. The molecule has 1 aliphatic rings. The summed E-state index contributed by atoms with van der Waals surface area (Å²) in [4.78, 5) is 0. The standard InChI is InChI=1S/C26H33F3O/c1-3-5-18-6-8-19(9-7-18)10-11-20-12-14-21(15-13-20)22-16-17-23(30-4-2)25(27)24(22)26(28)29/h12-19,26H,3-11H2,1-2H3. The highest BCUT2D eigenvalue weighted by Crippen LogP contribution is 2.38. The number of hydrogen-bond donors (Lipinski definition) is 0. The van der Waals surface area contributed by atoms with Crippen molar-refractivity contribution in [2.45, 2.75) is 71.6 Å². The van der Waals surface area contributed by atoms with Crippen LogP contribution in [0.2, 0.25) is 0 Å². The van der Waals surface area contributed by atoms with Crippen molar-refractivity contribution < 1.29 is 17.9 Å². The molecule has 1 aliphatic carbocycles. The maximum atomic E-state index is 14.5. The van der Waals surface area contributed by atoms with Crippen LogP contribution >= 0.6 is 0 Å². The van der Waals surface area contributed by atoms with Crippen LogP contribution in [0.15, 0.2) is 36.4 Å². The Balaban J connectivity index is 1.65. The molecule has 3 rings (SSSR count). The molecule has 4 heteroatoms. The van der Waals surface area contributed by atoms with Gasteiger partial charge in [-0.25, -0.2) is 13.2 Å². The van der Waals surface area contributed by atoms with Crippen LogP contribution in [0.25, 0.3) is 11.1 Å². The average molecular weight is 419 g/mol. The van der Waals surface area contributed by atoms with Gasteiger partial charge in [0, 0.05) is 0 Å². The van der Waals surface area contributed by atoms with Crippen molar-refractivity contribution in [2.75, 3.05) is 6.61 Å². The molecule has 2 aromatic rings. The quantitative estimate of drug-likeness (QED) is 0.397. The fraction of sp³-hybridized carbons (Fsp3) is 0.538.